The van der Waals surface area contributed by atoms with Crippen molar-refractivity contribution in [1.29, 1.82) is 0 Å². The molecular formula is C27H30N2O4. The lowest BCUT2D eigenvalue weighted by Gasteiger charge is -2.34. The summed E-state index contributed by atoms with van der Waals surface area (Å²) in [4.78, 5) is 30.1. The van der Waals surface area contributed by atoms with Gasteiger partial charge in [-0.3, -0.25) is 9.59 Å². The minimum atomic E-state index is 0.127. The molecule has 6 heteroatoms. The molecule has 1 saturated heterocycles. The van der Waals surface area contributed by atoms with Crippen LogP contribution in [0.25, 0.3) is 0 Å². The molecule has 33 heavy (non-hydrogen) atoms. The average Bonchev–Trinajstić information content (AvgIpc) is 3.33. The first-order valence-corrected chi connectivity index (χ1v) is 12.1. The number of carbonyl (C=O) groups is 2. The van der Waals surface area contributed by atoms with Crippen LogP contribution in [0.15, 0.2) is 42.5 Å². The first-order valence-electron chi connectivity index (χ1n) is 12.1. The van der Waals surface area contributed by atoms with Gasteiger partial charge in [-0.25, -0.2) is 0 Å². The Labute approximate surface area is 194 Å². The molecule has 4 aliphatic rings. The van der Waals surface area contributed by atoms with E-state index < -0.39 is 0 Å². The summed E-state index contributed by atoms with van der Waals surface area (Å²) >= 11 is 0. The molecule has 2 aromatic carbocycles. The van der Waals surface area contributed by atoms with Crippen molar-refractivity contribution in [3.05, 3.63) is 59.2 Å². The number of ether oxygens (including phenoxy) is 2. The van der Waals surface area contributed by atoms with Gasteiger partial charge in [0, 0.05) is 38.5 Å². The van der Waals surface area contributed by atoms with Crippen LogP contribution in [-0.4, -0.2) is 48.0 Å². The van der Waals surface area contributed by atoms with E-state index >= 15 is 0 Å². The van der Waals surface area contributed by atoms with Crippen molar-refractivity contribution in [1.82, 2.24) is 9.80 Å². The van der Waals surface area contributed by atoms with Crippen LogP contribution >= 0.6 is 0 Å². The Morgan fingerprint density at radius 2 is 1.73 bits per heavy atom. The fourth-order valence-corrected chi connectivity index (χ4v) is 5.86. The largest absolute Gasteiger partial charge is 0.454 e. The standard InChI is InChI=1S/C27H30N2O4/c30-25(8-6-19-5-7-23-24(15-19)33-18-32-23)28-13-10-27(11-14-28)16-22(27)26(31)29-12-9-20-3-1-2-4-21(20)17-29/h1-5,7,15,22H,6,8-14,16-18H2/t22-/m0/s1. The molecule has 0 bridgehead atoms. The van der Waals surface area contributed by atoms with Gasteiger partial charge in [-0.05, 0) is 66.3 Å². The summed E-state index contributed by atoms with van der Waals surface area (Å²) in [6, 6.07) is 14.4. The maximum atomic E-state index is 13.2. The first-order chi connectivity index (χ1) is 16.1. The topological polar surface area (TPSA) is 59.1 Å². The molecule has 2 amide bonds. The quantitative estimate of drug-likeness (QED) is 0.721. The molecule has 3 heterocycles. The molecular weight excluding hydrogens is 416 g/mol. The van der Waals surface area contributed by atoms with Crippen molar-refractivity contribution >= 4 is 11.8 Å². The zero-order valence-electron chi connectivity index (χ0n) is 18.9. The van der Waals surface area contributed by atoms with Crippen molar-refractivity contribution in [3.8, 4) is 11.5 Å². The Bertz CT molecular complexity index is 1090. The van der Waals surface area contributed by atoms with Crippen molar-refractivity contribution < 1.29 is 19.1 Å². The number of aryl methyl sites for hydroxylation is 1. The number of likely N-dealkylation sites (tertiary alicyclic amines) is 1. The van der Waals surface area contributed by atoms with Crippen LogP contribution in [0.2, 0.25) is 0 Å². The molecule has 0 unspecified atom stereocenters. The van der Waals surface area contributed by atoms with Crippen LogP contribution in [0.4, 0.5) is 0 Å². The van der Waals surface area contributed by atoms with Crippen LogP contribution < -0.4 is 9.47 Å². The molecule has 0 radical (unpaired) electrons. The third-order valence-electron chi connectivity index (χ3n) is 8.11. The van der Waals surface area contributed by atoms with Gasteiger partial charge >= 0.3 is 0 Å². The Morgan fingerprint density at radius 1 is 0.939 bits per heavy atom. The Kier molecular flexibility index (Phi) is 5.04. The molecule has 6 rings (SSSR count). The van der Waals surface area contributed by atoms with E-state index in [4.69, 9.17) is 9.47 Å². The number of fused-ring (bicyclic) bond motifs is 2. The minimum absolute atomic E-state index is 0.127. The number of rotatable bonds is 4. The Morgan fingerprint density at radius 3 is 2.58 bits per heavy atom. The highest BCUT2D eigenvalue weighted by molar-refractivity contribution is 5.83. The zero-order valence-corrected chi connectivity index (χ0v) is 18.9. The van der Waals surface area contributed by atoms with Crippen molar-refractivity contribution in [2.45, 2.75) is 45.1 Å². The molecule has 0 N–H and O–H groups in total. The summed E-state index contributed by atoms with van der Waals surface area (Å²) in [6.07, 6.45) is 5.04. The number of amides is 2. The highest BCUT2D eigenvalue weighted by atomic mass is 16.7. The van der Waals surface area contributed by atoms with Crippen molar-refractivity contribution in [3.63, 3.8) is 0 Å². The Hall–Kier alpha value is -3.02. The maximum absolute atomic E-state index is 13.2. The lowest BCUT2D eigenvalue weighted by Crippen LogP contribution is -2.42. The molecule has 3 aliphatic heterocycles. The van der Waals surface area contributed by atoms with E-state index in [0.717, 1.165) is 68.9 Å². The van der Waals surface area contributed by atoms with Crippen molar-refractivity contribution in [2.75, 3.05) is 26.4 Å². The van der Waals surface area contributed by atoms with Gasteiger partial charge < -0.3 is 19.3 Å². The van der Waals surface area contributed by atoms with Gasteiger partial charge in [-0.2, -0.15) is 0 Å². The van der Waals surface area contributed by atoms with E-state index in [1.54, 1.807) is 0 Å². The van der Waals surface area contributed by atoms with E-state index in [1.807, 2.05) is 23.1 Å². The second-order valence-corrected chi connectivity index (χ2v) is 9.97. The predicted octanol–water partition coefficient (Wildman–Crippen LogP) is 3.56. The second kappa shape index (κ2) is 8.08. The van der Waals surface area contributed by atoms with Gasteiger partial charge in [-0.1, -0.05) is 30.3 Å². The molecule has 0 aromatic heterocycles. The summed E-state index contributed by atoms with van der Waals surface area (Å²) < 4.78 is 10.8. The van der Waals surface area contributed by atoms with Crippen LogP contribution in [-0.2, 0) is 29.0 Å². The van der Waals surface area contributed by atoms with E-state index in [9.17, 15) is 9.59 Å². The van der Waals surface area contributed by atoms with Crippen molar-refractivity contribution in [2.24, 2.45) is 11.3 Å². The van der Waals surface area contributed by atoms with E-state index in [1.165, 1.54) is 11.1 Å². The second-order valence-electron chi connectivity index (χ2n) is 9.97. The van der Waals surface area contributed by atoms with Crippen LogP contribution in [0, 0.1) is 11.3 Å². The lowest BCUT2D eigenvalue weighted by molar-refractivity contribution is -0.135. The highest BCUT2D eigenvalue weighted by Gasteiger charge is 2.59. The third kappa shape index (κ3) is 3.85. The molecule has 1 atom stereocenters. The predicted molar refractivity (Wildman–Crippen MR) is 123 cm³/mol. The molecule has 2 aromatic rings. The Balaban J connectivity index is 0.996. The third-order valence-corrected chi connectivity index (χ3v) is 8.11. The molecule has 1 spiro atoms. The monoisotopic (exact) mass is 446 g/mol. The van der Waals surface area contributed by atoms with Gasteiger partial charge in [0.15, 0.2) is 11.5 Å². The van der Waals surface area contributed by atoms with E-state index in [2.05, 4.69) is 29.2 Å². The van der Waals surface area contributed by atoms with Gasteiger partial charge in [0.2, 0.25) is 18.6 Å². The fraction of sp³-hybridized carbons (Fsp3) is 0.481. The summed E-state index contributed by atoms with van der Waals surface area (Å²) in [7, 11) is 0. The number of nitrogens with zero attached hydrogens (tertiary/aromatic N) is 2. The molecule has 1 saturated carbocycles. The lowest BCUT2D eigenvalue weighted by atomic mass is 9.89. The van der Waals surface area contributed by atoms with E-state index in [-0.39, 0.29) is 24.0 Å². The summed E-state index contributed by atoms with van der Waals surface area (Å²) in [5, 5.41) is 0. The van der Waals surface area contributed by atoms with Gasteiger partial charge in [0.25, 0.3) is 0 Å². The minimum Gasteiger partial charge on any atom is -0.454 e. The average molecular weight is 447 g/mol. The van der Waals surface area contributed by atoms with Gasteiger partial charge in [-0.15, -0.1) is 0 Å². The van der Waals surface area contributed by atoms with Gasteiger partial charge in [0.05, 0.1) is 0 Å². The van der Waals surface area contributed by atoms with Crippen LogP contribution in [0.3, 0.4) is 0 Å². The summed E-state index contributed by atoms with van der Waals surface area (Å²) in [5.74, 6) is 2.22. The summed E-state index contributed by atoms with van der Waals surface area (Å²) in [5.41, 5.74) is 3.88. The number of benzene rings is 2. The maximum Gasteiger partial charge on any atom is 0.231 e. The fourth-order valence-electron chi connectivity index (χ4n) is 5.86. The van der Waals surface area contributed by atoms with E-state index in [0.29, 0.717) is 18.7 Å². The van der Waals surface area contributed by atoms with Crippen LogP contribution in [0.5, 0.6) is 11.5 Å². The number of hydrogen-bond acceptors (Lipinski definition) is 4. The molecule has 6 nitrogen and oxygen atoms in total. The number of piperidine rings is 1. The normalized spacial score (nSPS) is 22.2. The molecule has 172 valence electrons. The first kappa shape index (κ1) is 20.6. The number of hydrogen-bond donors (Lipinski definition) is 0. The molecule has 1 aliphatic carbocycles. The van der Waals surface area contributed by atoms with Crippen LogP contribution in [0.1, 0.15) is 42.4 Å². The number of carbonyl (C=O) groups excluding carboxylic acids is 2. The van der Waals surface area contributed by atoms with Gasteiger partial charge in [0.1, 0.15) is 0 Å². The SMILES string of the molecule is O=C(CCc1ccc2c(c1)OCO2)N1CCC2(CC1)C[C@H]2C(=O)N1CCc2ccccc2C1. The summed E-state index contributed by atoms with van der Waals surface area (Å²) in [6.45, 7) is 3.37. The highest BCUT2D eigenvalue weighted by Crippen LogP contribution is 2.60. The molecule has 2 fully saturated rings. The zero-order chi connectivity index (χ0) is 22.4. The smallest absolute Gasteiger partial charge is 0.231 e.